The third-order valence-electron chi connectivity index (χ3n) is 3.56. The maximum Gasteiger partial charge on any atom is 0.238 e. The van der Waals surface area contributed by atoms with Gasteiger partial charge in [0.05, 0.1) is 11.4 Å². The quantitative estimate of drug-likeness (QED) is 0.822. The lowest BCUT2D eigenvalue weighted by molar-refractivity contribution is -0.115. The first-order chi connectivity index (χ1) is 11.7. The van der Waals surface area contributed by atoms with Crippen LogP contribution in [-0.2, 0) is 14.6 Å². The molecular weight excluding hydrogens is 350 g/mol. The largest absolute Gasteiger partial charge is 0.325 e. The van der Waals surface area contributed by atoms with E-state index in [9.17, 15) is 22.0 Å². The summed E-state index contributed by atoms with van der Waals surface area (Å²) >= 11 is 0. The zero-order chi connectivity index (χ0) is 18.6. The Kier molecular flexibility index (Phi) is 5.86. The highest BCUT2D eigenvalue weighted by Crippen LogP contribution is 2.17. The van der Waals surface area contributed by atoms with Crippen LogP contribution >= 0.6 is 0 Å². The third-order valence-corrected chi connectivity index (χ3v) is 4.67. The predicted molar refractivity (Wildman–Crippen MR) is 91.0 cm³/mol. The first-order valence-electron chi connectivity index (χ1n) is 7.45. The fourth-order valence-electron chi connectivity index (χ4n) is 2.16. The van der Waals surface area contributed by atoms with Gasteiger partial charge in [-0.05, 0) is 42.8 Å². The van der Waals surface area contributed by atoms with Gasteiger partial charge in [-0.25, -0.2) is 17.2 Å². The summed E-state index contributed by atoms with van der Waals surface area (Å²) in [6.45, 7) is 1.63. The molecule has 0 fully saturated rings. The number of sulfone groups is 1. The van der Waals surface area contributed by atoms with E-state index < -0.39 is 21.5 Å². The van der Waals surface area contributed by atoms with Crippen LogP contribution in [0, 0.1) is 11.6 Å². The fraction of sp³-hybridized carbons (Fsp3) is 0.235. The van der Waals surface area contributed by atoms with Crippen molar-refractivity contribution in [2.24, 2.45) is 0 Å². The standard InChI is InChI=1S/C17H18F2N2O3S/c1-11(12-6-7-15(18)16(19)8-12)20-10-17(22)21-13-4-3-5-14(9-13)25(2,23)24/h3-9,11,20H,10H2,1-2H3,(H,21,22)/t11-/m0/s1. The number of rotatable bonds is 6. The molecule has 0 saturated carbocycles. The summed E-state index contributed by atoms with van der Waals surface area (Å²) in [5, 5.41) is 5.47. The van der Waals surface area contributed by atoms with E-state index in [1.54, 1.807) is 13.0 Å². The number of amides is 1. The minimum absolute atomic E-state index is 0.0801. The van der Waals surface area contributed by atoms with Crippen LogP contribution in [0.4, 0.5) is 14.5 Å². The highest BCUT2D eigenvalue weighted by atomic mass is 32.2. The van der Waals surface area contributed by atoms with E-state index in [2.05, 4.69) is 10.6 Å². The molecule has 2 aromatic carbocycles. The normalized spacial score (nSPS) is 12.6. The molecule has 8 heteroatoms. The first-order valence-corrected chi connectivity index (χ1v) is 9.34. The van der Waals surface area contributed by atoms with Crippen LogP contribution in [0.15, 0.2) is 47.4 Å². The van der Waals surface area contributed by atoms with Gasteiger partial charge in [0.15, 0.2) is 21.5 Å². The van der Waals surface area contributed by atoms with Crippen LogP contribution in [0.2, 0.25) is 0 Å². The Morgan fingerprint density at radius 3 is 2.48 bits per heavy atom. The van der Waals surface area contributed by atoms with E-state index in [4.69, 9.17) is 0 Å². The molecule has 0 heterocycles. The number of hydrogen-bond acceptors (Lipinski definition) is 4. The second-order valence-corrected chi connectivity index (χ2v) is 7.64. The number of anilines is 1. The van der Waals surface area contributed by atoms with Crippen molar-refractivity contribution in [1.82, 2.24) is 5.32 Å². The van der Waals surface area contributed by atoms with E-state index in [1.807, 2.05) is 0 Å². The Morgan fingerprint density at radius 2 is 1.84 bits per heavy atom. The molecule has 0 aliphatic heterocycles. The van der Waals surface area contributed by atoms with Crippen molar-refractivity contribution >= 4 is 21.4 Å². The lowest BCUT2D eigenvalue weighted by Gasteiger charge is -2.14. The van der Waals surface area contributed by atoms with E-state index in [1.165, 1.54) is 24.3 Å². The van der Waals surface area contributed by atoms with Gasteiger partial charge in [0, 0.05) is 18.0 Å². The molecule has 0 saturated heterocycles. The third kappa shape index (κ3) is 5.33. The minimum Gasteiger partial charge on any atom is -0.325 e. The second kappa shape index (κ2) is 7.71. The zero-order valence-corrected chi connectivity index (χ0v) is 14.5. The molecule has 0 aromatic heterocycles. The summed E-state index contributed by atoms with van der Waals surface area (Å²) in [4.78, 5) is 12.1. The van der Waals surface area contributed by atoms with Gasteiger partial charge < -0.3 is 10.6 Å². The Hall–Kier alpha value is -2.32. The fourth-order valence-corrected chi connectivity index (χ4v) is 2.82. The first kappa shape index (κ1) is 19.0. The van der Waals surface area contributed by atoms with Crippen LogP contribution < -0.4 is 10.6 Å². The Bertz CT molecular complexity index is 885. The Balaban J connectivity index is 1.95. The smallest absolute Gasteiger partial charge is 0.238 e. The Morgan fingerprint density at radius 1 is 1.12 bits per heavy atom. The lowest BCUT2D eigenvalue weighted by atomic mass is 10.1. The molecule has 2 aromatic rings. The van der Waals surface area contributed by atoms with Crippen LogP contribution in [0.1, 0.15) is 18.5 Å². The van der Waals surface area contributed by atoms with Gasteiger partial charge in [-0.15, -0.1) is 0 Å². The van der Waals surface area contributed by atoms with Crippen molar-refractivity contribution in [3.8, 4) is 0 Å². The summed E-state index contributed by atoms with van der Waals surface area (Å²) in [5.74, 6) is -2.27. The molecule has 0 unspecified atom stereocenters. The SMILES string of the molecule is C[C@H](NCC(=O)Nc1cccc(S(C)(=O)=O)c1)c1ccc(F)c(F)c1. The molecule has 0 aliphatic rings. The molecule has 25 heavy (non-hydrogen) atoms. The highest BCUT2D eigenvalue weighted by Gasteiger charge is 2.12. The van der Waals surface area contributed by atoms with E-state index >= 15 is 0 Å². The molecule has 0 aliphatic carbocycles. The molecule has 1 amide bonds. The average molecular weight is 368 g/mol. The number of nitrogens with one attached hydrogen (secondary N) is 2. The van der Waals surface area contributed by atoms with Crippen LogP contribution in [-0.4, -0.2) is 27.1 Å². The number of halogens is 2. The number of hydrogen-bond donors (Lipinski definition) is 2. The van der Waals surface area contributed by atoms with Gasteiger partial charge in [-0.1, -0.05) is 12.1 Å². The molecular formula is C17H18F2N2O3S. The Labute approximate surface area is 145 Å². The molecule has 0 radical (unpaired) electrons. The van der Waals surface area contributed by atoms with E-state index in [-0.39, 0.29) is 23.4 Å². The summed E-state index contributed by atoms with van der Waals surface area (Å²) in [6.07, 6.45) is 1.08. The maximum atomic E-state index is 13.2. The average Bonchev–Trinajstić information content (AvgIpc) is 2.54. The second-order valence-electron chi connectivity index (χ2n) is 5.62. The van der Waals surface area contributed by atoms with Gasteiger partial charge in [-0.2, -0.15) is 0 Å². The monoisotopic (exact) mass is 368 g/mol. The summed E-state index contributed by atoms with van der Waals surface area (Å²) in [5.41, 5.74) is 0.862. The number of carbonyl (C=O) groups is 1. The van der Waals surface area contributed by atoms with Crippen molar-refractivity contribution in [2.75, 3.05) is 18.1 Å². The molecule has 134 valence electrons. The predicted octanol–water partition coefficient (Wildman–Crippen LogP) is 2.66. The van der Waals surface area contributed by atoms with Crippen molar-refractivity contribution in [1.29, 1.82) is 0 Å². The van der Waals surface area contributed by atoms with Gasteiger partial charge in [0.1, 0.15) is 0 Å². The maximum absolute atomic E-state index is 13.2. The molecule has 0 spiro atoms. The topological polar surface area (TPSA) is 75.3 Å². The summed E-state index contributed by atoms with van der Waals surface area (Å²) in [6, 6.07) is 9.07. The minimum atomic E-state index is -3.36. The van der Waals surface area contributed by atoms with Crippen LogP contribution in [0.3, 0.4) is 0 Å². The molecule has 0 bridgehead atoms. The van der Waals surface area contributed by atoms with Gasteiger partial charge in [-0.3, -0.25) is 4.79 Å². The van der Waals surface area contributed by atoms with Gasteiger partial charge in [0.25, 0.3) is 0 Å². The lowest BCUT2D eigenvalue weighted by Crippen LogP contribution is -2.30. The molecule has 1 atom stereocenters. The molecule has 2 N–H and O–H groups in total. The molecule has 5 nitrogen and oxygen atoms in total. The van der Waals surface area contributed by atoms with Crippen LogP contribution in [0.25, 0.3) is 0 Å². The van der Waals surface area contributed by atoms with Crippen molar-refractivity contribution in [2.45, 2.75) is 17.9 Å². The van der Waals surface area contributed by atoms with Crippen LogP contribution in [0.5, 0.6) is 0 Å². The molecule has 2 rings (SSSR count). The van der Waals surface area contributed by atoms with Gasteiger partial charge >= 0.3 is 0 Å². The van der Waals surface area contributed by atoms with Gasteiger partial charge in [0.2, 0.25) is 5.91 Å². The zero-order valence-electron chi connectivity index (χ0n) is 13.7. The summed E-state index contributed by atoms with van der Waals surface area (Å²) in [7, 11) is -3.36. The highest BCUT2D eigenvalue weighted by molar-refractivity contribution is 7.90. The van der Waals surface area contributed by atoms with Crippen molar-refractivity contribution < 1.29 is 22.0 Å². The van der Waals surface area contributed by atoms with E-state index in [0.717, 1.165) is 18.4 Å². The van der Waals surface area contributed by atoms with Crippen molar-refractivity contribution in [3.63, 3.8) is 0 Å². The number of benzene rings is 2. The van der Waals surface area contributed by atoms with Crippen molar-refractivity contribution in [3.05, 3.63) is 59.7 Å². The van der Waals surface area contributed by atoms with E-state index in [0.29, 0.717) is 11.3 Å². The summed E-state index contributed by atoms with van der Waals surface area (Å²) < 4.78 is 49.2. The number of carbonyl (C=O) groups excluding carboxylic acids is 1.